The van der Waals surface area contributed by atoms with Crippen molar-refractivity contribution in [2.75, 3.05) is 32.7 Å². The maximum atomic E-state index is 13.1. The molecule has 5 nitrogen and oxygen atoms in total. The summed E-state index contributed by atoms with van der Waals surface area (Å²) in [5.41, 5.74) is 2.69. The van der Waals surface area contributed by atoms with Crippen LogP contribution in [-0.4, -0.2) is 65.3 Å². The van der Waals surface area contributed by atoms with Crippen molar-refractivity contribution in [3.63, 3.8) is 0 Å². The highest BCUT2D eigenvalue weighted by molar-refractivity contribution is 5.95. The SMILES string of the molecule is Cc1ccccc1C(=O)N1CCCN(C2CCN(Cc3ccc(F)cc3)C2=O)CC1. The lowest BCUT2D eigenvalue weighted by Crippen LogP contribution is -2.44. The first-order valence-electron chi connectivity index (χ1n) is 10.6. The number of aryl methyl sites for hydroxylation is 1. The second-order valence-corrected chi connectivity index (χ2v) is 8.19. The van der Waals surface area contributed by atoms with Crippen molar-refractivity contribution >= 4 is 11.8 Å². The van der Waals surface area contributed by atoms with Crippen LogP contribution >= 0.6 is 0 Å². The average Bonchev–Trinajstić information content (AvgIpc) is 2.95. The van der Waals surface area contributed by atoms with E-state index in [1.807, 2.05) is 41.0 Å². The third kappa shape index (κ3) is 4.38. The summed E-state index contributed by atoms with van der Waals surface area (Å²) in [5, 5.41) is 0. The van der Waals surface area contributed by atoms with Gasteiger partial charge in [-0.3, -0.25) is 14.5 Å². The van der Waals surface area contributed by atoms with Gasteiger partial charge in [-0.1, -0.05) is 30.3 Å². The summed E-state index contributed by atoms with van der Waals surface area (Å²) in [6.07, 6.45) is 1.66. The largest absolute Gasteiger partial charge is 0.337 e. The summed E-state index contributed by atoms with van der Waals surface area (Å²) >= 11 is 0. The third-order valence-corrected chi connectivity index (χ3v) is 6.19. The number of carbonyl (C=O) groups excluding carboxylic acids is 2. The lowest BCUT2D eigenvalue weighted by molar-refractivity contribution is -0.132. The Morgan fingerprint density at radius 2 is 1.77 bits per heavy atom. The molecule has 0 spiro atoms. The van der Waals surface area contributed by atoms with Crippen LogP contribution in [0.3, 0.4) is 0 Å². The topological polar surface area (TPSA) is 43.9 Å². The van der Waals surface area contributed by atoms with Crippen LogP contribution in [0.25, 0.3) is 0 Å². The molecule has 2 aromatic carbocycles. The molecule has 2 saturated heterocycles. The number of hydrogen-bond acceptors (Lipinski definition) is 3. The van der Waals surface area contributed by atoms with Crippen molar-refractivity contribution < 1.29 is 14.0 Å². The first-order valence-corrected chi connectivity index (χ1v) is 10.6. The van der Waals surface area contributed by atoms with Gasteiger partial charge in [0.15, 0.2) is 0 Å². The van der Waals surface area contributed by atoms with Gasteiger partial charge in [0.25, 0.3) is 5.91 Å². The minimum absolute atomic E-state index is 0.0747. The predicted molar refractivity (Wildman–Crippen MR) is 113 cm³/mol. The molecule has 2 amide bonds. The van der Waals surface area contributed by atoms with Crippen molar-refractivity contribution in [2.45, 2.75) is 32.4 Å². The minimum Gasteiger partial charge on any atom is -0.337 e. The lowest BCUT2D eigenvalue weighted by atomic mass is 10.1. The zero-order chi connectivity index (χ0) is 21.1. The van der Waals surface area contributed by atoms with Gasteiger partial charge in [0.2, 0.25) is 5.91 Å². The molecule has 0 bridgehead atoms. The Bertz CT molecular complexity index is 915. The zero-order valence-electron chi connectivity index (χ0n) is 17.4. The fourth-order valence-corrected chi connectivity index (χ4v) is 4.46. The van der Waals surface area contributed by atoms with Crippen LogP contribution in [0.4, 0.5) is 4.39 Å². The molecular formula is C24H28FN3O2. The smallest absolute Gasteiger partial charge is 0.254 e. The highest BCUT2D eigenvalue weighted by atomic mass is 19.1. The standard InChI is InChI=1S/C24H28FN3O2/c1-18-5-2-3-6-21(18)23(29)27-13-4-12-26(15-16-27)22-11-14-28(24(22)30)17-19-7-9-20(25)10-8-19/h2-3,5-10,22H,4,11-17H2,1H3. The molecule has 0 aromatic heterocycles. The average molecular weight is 410 g/mol. The van der Waals surface area contributed by atoms with E-state index < -0.39 is 0 Å². The summed E-state index contributed by atoms with van der Waals surface area (Å²) in [4.78, 5) is 32.0. The van der Waals surface area contributed by atoms with E-state index in [1.54, 1.807) is 12.1 Å². The number of halogens is 1. The number of carbonyl (C=O) groups is 2. The fraction of sp³-hybridized carbons (Fsp3) is 0.417. The maximum Gasteiger partial charge on any atom is 0.254 e. The monoisotopic (exact) mass is 409 g/mol. The number of hydrogen-bond donors (Lipinski definition) is 0. The van der Waals surface area contributed by atoms with Gasteiger partial charge >= 0.3 is 0 Å². The van der Waals surface area contributed by atoms with E-state index in [2.05, 4.69) is 4.90 Å². The molecule has 0 radical (unpaired) electrons. The molecule has 30 heavy (non-hydrogen) atoms. The van der Waals surface area contributed by atoms with Gasteiger partial charge in [-0.25, -0.2) is 4.39 Å². The molecule has 4 rings (SSSR count). The Labute approximate surface area is 177 Å². The highest BCUT2D eigenvalue weighted by Gasteiger charge is 2.36. The number of nitrogens with zero attached hydrogens (tertiary/aromatic N) is 3. The number of likely N-dealkylation sites (tertiary alicyclic amines) is 1. The summed E-state index contributed by atoms with van der Waals surface area (Å²) in [6.45, 7) is 6.06. The summed E-state index contributed by atoms with van der Waals surface area (Å²) in [5.74, 6) is -0.0534. The van der Waals surface area contributed by atoms with Crippen molar-refractivity contribution in [3.05, 3.63) is 71.0 Å². The molecule has 1 atom stereocenters. The second-order valence-electron chi connectivity index (χ2n) is 8.19. The summed E-state index contributed by atoms with van der Waals surface area (Å²) in [7, 11) is 0. The molecular weight excluding hydrogens is 381 g/mol. The third-order valence-electron chi connectivity index (χ3n) is 6.19. The lowest BCUT2D eigenvalue weighted by Gasteiger charge is -2.27. The van der Waals surface area contributed by atoms with Gasteiger partial charge in [0.1, 0.15) is 5.82 Å². The van der Waals surface area contributed by atoms with E-state index in [-0.39, 0.29) is 23.7 Å². The molecule has 2 fully saturated rings. The Morgan fingerprint density at radius 3 is 2.53 bits per heavy atom. The number of amides is 2. The fourth-order valence-electron chi connectivity index (χ4n) is 4.46. The zero-order valence-corrected chi connectivity index (χ0v) is 17.4. The van der Waals surface area contributed by atoms with Crippen LogP contribution < -0.4 is 0 Å². The summed E-state index contributed by atoms with van der Waals surface area (Å²) in [6, 6.07) is 13.9. The second kappa shape index (κ2) is 8.96. The maximum absolute atomic E-state index is 13.1. The first-order chi connectivity index (χ1) is 14.5. The number of benzene rings is 2. The minimum atomic E-state index is -0.265. The molecule has 0 aliphatic carbocycles. The van der Waals surface area contributed by atoms with Gasteiger partial charge in [-0.15, -0.1) is 0 Å². The Morgan fingerprint density at radius 1 is 1.00 bits per heavy atom. The molecule has 2 heterocycles. The van der Waals surface area contributed by atoms with Gasteiger partial charge in [0, 0.05) is 44.8 Å². The van der Waals surface area contributed by atoms with E-state index in [4.69, 9.17) is 0 Å². The Kier molecular flexibility index (Phi) is 6.13. The van der Waals surface area contributed by atoms with Gasteiger partial charge in [-0.05, 0) is 49.1 Å². The normalized spacial score (nSPS) is 20.5. The molecule has 2 aromatic rings. The highest BCUT2D eigenvalue weighted by Crippen LogP contribution is 2.22. The molecule has 1 unspecified atom stereocenters. The van der Waals surface area contributed by atoms with Crippen molar-refractivity contribution in [1.82, 2.24) is 14.7 Å². The van der Waals surface area contributed by atoms with Crippen LogP contribution in [0.15, 0.2) is 48.5 Å². The molecule has 6 heteroatoms. The quantitative estimate of drug-likeness (QED) is 0.780. The van der Waals surface area contributed by atoms with Crippen molar-refractivity contribution in [2.24, 2.45) is 0 Å². The van der Waals surface area contributed by atoms with Crippen LogP contribution in [0.2, 0.25) is 0 Å². The molecule has 2 aliphatic rings. The molecule has 158 valence electrons. The first kappa shape index (κ1) is 20.5. The van der Waals surface area contributed by atoms with E-state index in [9.17, 15) is 14.0 Å². The Balaban J connectivity index is 1.36. The molecule has 2 aliphatic heterocycles. The Hall–Kier alpha value is -2.73. The molecule has 0 saturated carbocycles. The van der Waals surface area contributed by atoms with E-state index in [1.165, 1.54) is 12.1 Å². The van der Waals surface area contributed by atoms with Crippen LogP contribution in [0.1, 0.15) is 34.3 Å². The summed E-state index contributed by atoms with van der Waals surface area (Å²) < 4.78 is 13.1. The van der Waals surface area contributed by atoms with Crippen LogP contribution in [0, 0.1) is 12.7 Å². The van der Waals surface area contributed by atoms with Gasteiger partial charge < -0.3 is 9.80 Å². The predicted octanol–water partition coefficient (Wildman–Crippen LogP) is 3.08. The van der Waals surface area contributed by atoms with Gasteiger partial charge in [-0.2, -0.15) is 0 Å². The molecule has 0 N–H and O–H groups in total. The van der Waals surface area contributed by atoms with Crippen LogP contribution in [0.5, 0.6) is 0 Å². The van der Waals surface area contributed by atoms with Crippen LogP contribution in [-0.2, 0) is 11.3 Å². The van der Waals surface area contributed by atoms with E-state index >= 15 is 0 Å². The van der Waals surface area contributed by atoms with Crippen molar-refractivity contribution in [3.8, 4) is 0 Å². The van der Waals surface area contributed by atoms with E-state index in [0.717, 1.165) is 36.1 Å². The number of rotatable bonds is 4. The van der Waals surface area contributed by atoms with Crippen molar-refractivity contribution in [1.29, 1.82) is 0 Å². The van der Waals surface area contributed by atoms with E-state index in [0.29, 0.717) is 32.7 Å². The van der Waals surface area contributed by atoms with Gasteiger partial charge in [0.05, 0.1) is 6.04 Å².